The molecule has 0 saturated heterocycles. The lowest BCUT2D eigenvalue weighted by molar-refractivity contribution is -0.120. The molecule has 0 unspecified atom stereocenters. The summed E-state index contributed by atoms with van der Waals surface area (Å²) < 4.78 is 12.2. The number of nitrogens with zero attached hydrogens (tertiary/aromatic N) is 1. The number of amides is 1. The van der Waals surface area contributed by atoms with Crippen molar-refractivity contribution < 1.29 is 14.3 Å². The van der Waals surface area contributed by atoms with Gasteiger partial charge in [0.1, 0.15) is 6.61 Å². The van der Waals surface area contributed by atoms with Crippen LogP contribution < -0.4 is 14.9 Å². The molecule has 5 nitrogen and oxygen atoms in total. The van der Waals surface area contributed by atoms with Gasteiger partial charge in [0.25, 0.3) is 0 Å². The molecule has 0 bridgehead atoms. The second kappa shape index (κ2) is 10.4. The summed E-state index contributed by atoms with van der Waals surface area (Å²) in [5.74, 6) is 1.07. The zero-order chi connectivity index (χ0) is 20.5. The zero-order valence-electron chi connectivity index (χ0n) is 16.0. The van der Waals surface area contributed by atoms with Gasteiger partial charge in [0.2, 0.25) is 5.91 Å². The molecular formula is C23H21BrN2O3. The third kappa shape index (κ3) is 6.47. The summed E-state index contributed by atoms with van der Waals surface area (Å²) in [4.78, 5) is 12.0. The number of nitrogens with one attached hydrogen (secondary N) is 1. The van der Waals surface area contributed by atoms with Crippen molar-refractivity contribution in [1.82, 2.24) is 5.43 Å². The average Bonchev–Trinajstić information content (AvgIpc) is 2.75. The number of carbonyl (C=O) groups excluding carboxylic acids is 1. The minimum atomic E-state index is -0.182. The molecule has 0 heterocycles. The number of methoxy groups -OCH3 is 1. The highest BCUT2D eigenvalue weighted by atomic mass is 79.9. The number of hydrogen-bond donors (Lipinski definition) is 1. The number of hydrogen-bond acceptors (Lipinski definition) is 4. The van der Waals surface area contributed by atoms with Gasteiger partial charge in [0.15, 0.2) is 11.5 Å². The zero-order valence-corrected chi connectivity index (χ0v) is 17.6. The summed E-state index contributed by atoms with van der Waals surface area (Å²) in [6.07, 6.45) is 1.84. The van der Waals surface area contributed by atoms with Crippen molar-refractivity contribution in [3.05, 3.63) is 94.0 Å². The number of hydrazone groups is 1. The fourth-order valence-electron chi connectivity index (χ4n) is 2.63. The highest BCUT2D eigenvalue weighted by Crippen LogP contribution is 2.28. The van der Waals surface area contributed by atoms with Crippen LogP contribution in [0.3, 0.4) is 0 Å². The van der Waals surface area contributed by atoms with E-state index in [1.165, 1.54) is 0 Å². The average molecular weight is 453 g/mol. The van der Waals surface area contributed by atoms with Gasteiger partial charge in [-0.1, -0.05) is 58.4 Å². The van der Waals surface area contributed by atoms with E-state index in [2.05, 4.69) is 26.5 Å². The van der Waals surface area contributed by atoms with E-state index in [1.807, 2.05) is 72.8 Å². The fraction of sp³-hybridized carbons (Fsp3) is 0.130. The van der Waals surface area contributed by atoms with Gasteiger partial charge in [0.05, 0.1) is 19.7 Å². The van der Waals surface area contributed by atoms with Gasteiger partial charge >= 0.3 is 0 Å². The molecule has 0 aliphatic carbocycles. The Morgan fingerprint density at radius 3 is 2.48 bits per heavy atom. The molecule has 0 radical (unpaired) electrons. The summed E-state index contributed by atoms with van der Waals surface area (Å²) in [6, 6.07) is 23.0. The second-order valence-corrected chi connectivity index (χ2v) is 7.20. The predicted octanol–water partition coefficient (Wildman–Crippen LogP) is 4.73. The maximum atomic E-state index is 12.0. The van der Waals surface area contributed by atoms with Gasteiger partial charge in [-0.05, 0) is 47.0 Å². The van der Waals surface area contributed by atoms with Gasteiger partial charge < -0.3 is 9.47 Å². The molecule has 1 amide bonds. The molecule has 6 heteroatoms. The highest BCUT2D eigenvalue weighted by Gasteiger charge is 2.06. The molecule has 0 atom stereocenters. The third-order valence-corrected chi connectivity index (χ3v) is 4.63. The summed E-state index contributed by atoms with van der Waals surface area (Å²) in [5.41, 5.74) is 5.33. The van der Waals surface area contributed by atoms with Gasteiger partial charge in [-0.2, -0.15) is 5.10 Å². The Labute approximate surface area is 178 Å². The molecule has 3 aromatic rings. The normalized spacial score (nSPS) is 10.7. The maximum Gasteiger partial charge on any atom is 0.244 e. The van der Waals surface area contributed by atoms with Gasteiger partial charge in [0, 0.05) is 4.47 Å². The minimum absolute atomic E-state index is 0.182. The standard InChI is InChI=1S/C23H21BrN2O3/c1-28-22-13-19(9-12-21(22)29-16-18-5-3-2-4-6-18)15-25-26-23(27)14-17-7-10-20(24)11-8-17/h2-13,15H,14,16H2,1H3,(H,26,27)/b25-15+. The first kappa shape index (κ1) is 20.6. The van der Waals surface area contributed by atoms with E-state index in [0.717, 1.165) is 21.2 Å². The minimum Gasteiger partial charge on any atom is -0.493 e. The number of halogens is 1. The fourth-order valence-corrected chi connectivity index (χ4v) is 2.89. The van der Waals surface area contributed by atoms with Gasteiger partial charge in [-0.25, -0.2) is 5.43 Å². The molecule has 3 rings (SSSR count). The molecule has 0 saturated carbocycles. The van der Waals surface area contributed by atoms with Crippen LogP contribution in [0.25, 0.3) is 0 Å². The van der Waals surface area contributed by atoms with Crippen LogP contribution in [-0.2, 0) is 17.8 Å². The van der Waals surface area contributed by atoms with Crippen LogP contribution >= 0.6 is 15.9 Å². The molecule has 0 aliphatic heterocycles. The smallest absolute Gasteiger partial charge is 0.244 e. The van der Waals surface area contributed by atoms with Crippen LogP contribution in [0.1, 0.15) is 16.7 Å². The topological polar surface area (TPSA) is 59.9 Å². The van der Waals surface area contributed by atoms with Crippen molar-refractivity contribution in [1.29, 1.82) is 0 Å². The largest absolute Gasteiger partial charge is 0.493 e. The van der Waals surface area contributed by atoms with Crippen molar-refractivity contribution in [2.45, 2.75) is 13.0 Å². The van der Waals surface area contributed by atoms with Crippen molar-refractivity contribution in [3.63, 3.8) is 0 Å². The molecule has 148 valence electrons. The number of rotatable bonds is 8. The lowest BCUT2D eigenvalue weighted by Gasteiger charge is -2.11. The molecule has 0 fully saturated rings. The van der Waals surface area contributed by atoms with Crippen molar-refractivity contribution in [2.75, 3.05) is 7.11 Å². The predicted molar refractivity (Wildman–Crippen MR) is 117 cm³/mol. The first-order valence-corrected chi connectivity index (χ1v) is 9.84. The maximum absolute atomic E-state index is 12.0. The van der Waals surface area contributed by atoms with E-state index in [4.69, 9.17) is 9.47 Å². The molecule has 0 aromatic heterocycles. The van der Waals surface area contributed by atoms with Gasteiger partial charge in [-0.3, -0.25) is 4.79 Å². The first-order valence-electron chi connectivity index (χ1n) is 9.05. The SMILES string of the molecule is COc1cc(/C=N/NC(=O)Cc2ccc(Br)cc2)ccc1OCc1ccccc1. The van der Waals surface area contributed by atoms with Crippen molar-refractivity contribution in [2.24, 2.45) is 5.10 Å². The molecule has 1 N–H and O–H groups in total. The van der Waals surface area contributed by atoms with Crippen LogP contribution in [0.4, 0.5) is 0 Å². The van der Waals surface area contributed by atoms with E-state index in [0.29, 0.717) is 18.1 Å². The number of carbonyl (C=O) groups is 1. The molecule has 29 heavy (non-hydrogen) atoms. The number of ether oxygens (including phenoxy) is 2. The van der Waals surface area contributed by atoms with Crippen molar-refractivity contribution >= 4 is 28.1 Å². The number of benzene rings is 3. The Hall–Kier alpha value is -3.12. The van der Waals surface area contributed by atoms with Crippen LogP contribution in [0.15, 0.2) is 82.4 Å². The van der Waals surface area contributed by atoms with Crippen LogP contribution in [0, 0.1) is 0 Å². The van der Waals surface area contributed by atoms with Crippen LogP contribution in [0.5, 0.6) is 11.5 Å². The Morgan fingerprint density at radius 1 is 1.00 bits per heavy atom. The van der Waals surface area contributed by atoms with E-state index >= 15 is 0 Å². The van der Waals surface area contributed by atoms with E-state index in [-0.39, 0.29) is 12.3 Å². The molecule has 0 aliphatic rings. The summed E-state index contributed by atoms with van der Waals surface area (Å²) in [6.45, 7) is 0.455. The quantitative estimate of drug-likeness (QED) is 0.396. The molecule has 3 aromatic carbocycles. The lowest BCUT2D eigenvalue weighted by atomic mass is 10.1. The monoisotopic (exact) mass is 452 g/mol. The van der Waals surface area contributed by atoms with E-state index < -0.39 is 0 Å². The van der Waals surface area contributed by atoms with Crippen molar-refractivity contribution in [3.8, 4) is 11.5 Å². The lowest BCUT2D eigenvalue weighted by Crippen LogP contribution is -2.19. The Balaban J connectivity index is 1.56. The third-order valence-electron chi connectivity index (χ3n) is 4.11. The van der Waals surface area contributed by atoms with Gasteiger partial charge in [-0.15, -0.1) is 0 Å². The van der Waals surface area contributed by atoms with E-state index in [1.54, 1.807) is 13.3 Å². The summed E-state index contributed by atoms with van der Waals surface area (Å²) in [5, 5.41) is 4.02. The Bertz CT molecular complexity index is 973. The second-order valence-electron chi connectivity index (χ2n) is 6.28. The first-order chi connectivity index (χ1) is 14.1. The molecular weight excluding hydrogens is 432 g/mol. The Morgan fingerprint density at radius 2 is 1.76 bits per heavy atom. The highest BCUT2D eigenvalue weighted by molar-refractivity contribution is 9.10. The van der Waals surface area contributed by atoms with Crippen LogP contribution in [0.2, 0.25) is 0 Å². The van der Waals surface area contributed by atoms with Crippen LogP contribution in [-0.4, -0.2) is 19.2 Å². The summed E-state index contributed by atoms with van der Waals surface area (Å²) in [7, 11) is 1.59. The Kier molecular flexibility index (Phi) is 7.41. The molecule has 0 spiro atoms. The van der Waals surface area contributed by atoms with E-state index in [9.17, 15) is 4.79 Å². The summed E-state index contributed by atoms with van der Waals surface area (Å²) >= 11 is 3.37.